The van der Waals surface area contributed by atoms with Crippen LogP contribution in [0.4, 0.5) is 5.82 Å². The van der Waals surface area contributed by atoms with Crippen LogP contribution >= 0.6 is 0 Å². The van der Waals surface area contributed by atoms with Crippen LogP contribution in [0.5, 0.6) is 0 Å². The number of pyridine rings is 2. The SMILES string of the molecule is O=C(NCCCc1ccccn1)c1ccc(N2CCC[C@H]2CO)nc1. The Balaban J connectivity index is 1.47. The van der Waals surface area contributed by atoms with Crippen LogP contribution in [0, 0.1) is 0 Å². The Hall–Kier alpha value is -2.47. The number of aryl methyl sites for hydroxylation is 1. The van der Waals surface area contributed by atoms with E-state index in [2.05, 4.69) is 20.2 Å². The van der Waals surface area contributed by atoms with Crippen molar-refractivity contribution in [2.75, 3.05) is 24.6 Å². The maximum absolute atomic E-state index is 12.2. The minimum atomic E-state index is -0.111. The van der Waals surface area contributed by atoms with Crippen LogP contribution in [-0.4, -0.2) is 46.7 Å². The largest absolute Gasteiger partial charge is 0.394 e. The van der Waals surface area contributed by atoms with E-state index in [4.69, 9.17) is 0 Å². The Morgan fingerprint density at radius 2 is 2.20 bits per heavy atom. The molecule has 1 atom stereocenters. The third kappa shape index (κ3) is 4.54. The second-order valence-electron chi connectivity index (χ2n) is 6.26. The molecule has 25 heavy (non-hydrogen) atoms. The first-order chi connectivity index (χ1) is 12.3. The molecule has 6 nitrogen and oxygen atoms in total. The van der Waals surface area contributed by atoms with Gasteiger partial charge in [-0.1, -0.05) is 6.07 Å². The van der Waals surface area contributed by atoms with Crippen molar-refractivity contribution >= 4 is 11.7 Å². The predicted octanol–water partition coefficient (Wildman–Crippen LogP) is 1.80. The molecule has 0 aromatic carbocycles. The molecule has 6 heteroatoms. The highest BCUT2D eigenvalue weighted by molar-refractivity contribution is 5.94. The van der Waals surface area contributed by atoms with Gasteiger partial charge in [0, 0.05) is 31.2 Å². The van der Waals surface area contributed by atoms with Crippen LogP contribution in [0.1, 0.15) is 35.3 Å². The summed E-state index contributed by atoms with van der Waals surface area (Å²) in [6.07, 6.45) is 7.12. The smallest absolute Gasteiger partial charge is 0.252 e. The fourth-order valence-electron chi connectivity index (χ4n) is 3.14. The molecule has 0 radical (unpaired) electrons. The van der Waals surface area contributed by atoms with Crippen LogP contribution < -0.4 is 10.2 Å². The fourth-order valence-corrected chi connectivity index (χ4v) is 3.14. The number of rotatable bonds is 7. The number of aliphatic hydroxyl groups excluding tert-OH is 1. The summed E-state index contributed by atoms with van der Waals surface area (Å²) in [7, 11) is 0. The van der Waals surface area contributed by atoms with E-state index in [0.29, 0.717) is 12.1 Å². The van der Waals surface area contributed by atoms with Crippen molar-refractivity contribution < 1.29 is 9.90 Å². The van der Waals surface area contributed by atoms with Gasteiger partial charge in [0.1, 0.15) is 5.82 Å². The maximum Gasteiger partial charge on any atom is 0.252 e. The number of carbonyl (C=O) groups excluding carboxylic acids is 1. The lowest BCUT2D eigenvalue weighted by Gasteiger charge is -2.24. The fraction of sp³-hybridized carbons (Fsp3) is 0.421. The number of nitrogens with one attached hydrogen (secondary N) is 1. The van der Waals surface area contributed by atoms with Gasteiger partial charge in [-0.15, -0.1) is 0 Å². The van der Waals surface area contributed by atoms with Gasteiger partial charge in [-0.05, 0) is 49.9 Å². The molecule has 3 rings (SSSR count). The molecule has 1 saturated heterocycles. The zero-order chi connectivity index (χ0) is 17.5. The summed E-state index contributed by atoms with van der Waals surface area (Å²) < 4.78 is 0. The summed E-state index contributed by atoms with van der Waals surface area (Å²) in [5.41, 5.74) is 1.59. The van der Waals surface area contributed by atoms with Gasteiger partial charge >= 0.3 is 0 Å². The van der Waals surface area contributed by atoms with E-state index >= 15 is 0 Å². The zero-order valence-corrected chi connectivity index (χ0v) is 14.3. The maximum atomic E-state index is 12.2. The molecule has 0 spiro atoms. The highest BCUT2D eigenvalue weighted by Gasteiger charge is 2.24. The lowest BCUT2D eigenvalue weighted by atomic mass is 10.2. The third-order valence-corrected chi connectivity index (χ3v) is 4.51. The van der Waals surface area contributed by atoms with Gasteiger partial charge < -0.3 is 15.3 Å². The van der Waals surface area contributed by atoms with E-state index in [-0.39, 0.29) is 18.6 Å². The van der Waals surface area contributed by atoms with E-state index in [9.17, 15) is 9.90 Å². The number of nitrogens with zero attached hydrogens (tertiary/aromatic N) is 3. The molecule has 1 fully saturated rings. The summed E-state index contributed by atoms with van der Waals surface area (Å²) in [4.78, 5) is 23.0. The second-order valence-corrected chi connectivity index (χ2v) is 6.26. The van der Waals surface area contributed by atoms with Crippen LogP contribution in [0.25, 0.3) is 0 Å². The first-order valence-electron chi connectivity index (χ1n) is 8.79. The first kappa shape index (κ1) is 17.4. The normalized spacial score (nSPS) is 16.8. The van der Waals surface area contributed by atoms with Crippen molar-refractivity contribution in [3.8, 4) is 0 Å². The molecule has 0 aliphatic carbocycles. The monoisotopic (exact) mass is 340 g/mol. The Morgan fingerprint density at radius 1 is 1.28 bits per heavy atom. The molecule has 1 aliphatic rings. The Labute approximate surface area is 147 Å². The number of hydrogen-bond acceptors (Lipinski definition) is 5. The summed E-state index contributed by atoms with van der Waals surface area (Å²) in [5, 5.41) is 12.3. The molecular formula is C19H24N4O2. The number of amides is 1. The molecule has 0 bridgehead atoms. The van der Waals surface area contributed by atoms with Gasteiger partial charge in [-0.2, -0.15) is 0 Å². The summed E-state index contributed by atoms with van der Waals surface area (Å²) in [5.74, 6) is 0.712. The molecule has 0 saturated carbocycles. The van der Waals surface area contributed by atoms with Gasteiger partial charge in [-0.25, -0.2) is 4.98 Å². The standard InChI is InChI=1S/C19H24N4O2/c24-14-17-7-4-12-23(17)18-9-8-15(13-22-18)19(25)21-11-3-6-16-5-1-2-10-20-16/h1-2,5,8-10,13,17,24H,3-4,6-7,11-12,14H2,(H,21,25)/t17-/m0/s1. The van der Waals surface area contributed by atoms with Crippen LogP contribution in [0.2, 0.25) is 0 Å². The second kappa shape index (κ2) is 8.58. The summed E-state index contributed by atoms with van der Waals surface area (Å²) in [6, 6.07) is 9.64. The molecule has 132 valence electrons. The van der Waals surface area contributed by atoms with Crippen LogP contribution in [0.3, 0.4) is 0 Å². The van der Waals surface area contributed by atoms with Crippen molar-refractivity contribution in [3.63, 3.8) is 0 Å². The molecular weight excluding hydrogens is 316 g/mol. The van der Waals surface area contributed by atoms with Gasteiger partial charge in [0.2, 0.25) is 0 Å². The van der Waals surface area contributed by atoms with Crippen molar-refractivity contribution in [3.05, 3.63) is 54.0 Å². The van der Waals surface area contributed by atoms with E-state index in [1.807, 2.05) is 24.3 Å². The average molecular weight is 340 g/mol. The van der Waals surface area contributed by atoms with Crippen molar-refractivity contribution in [2.45, 2.75) is 31.7 Å². The lowest BCUT2D eigenvalue weighted by Crippen LogP contribution is -2.32. The molecule has 1 aliphatic heterocycles. The van der Waals surface area contributed by atoms with Gasteiger partial charge in [0.15, 0.2) is 0 Å². The lowest BCUT2D eigenvalue weighted by molar-refractivity contribution is 0.0953. The van der Waals surface area contributed by atoms with E-state index < -0.39 is 0 Å². The number of anilines is 1. The quantitative estimate of drug-likeness (QED) is 0.752. The average Bonchev–Trinajstić information content (AvgIpc) is 3.15. The molecule has 2 aromatic rings. The number of carbonyl (C=O) groups is 1. The van der Waals surface area contributed by atoms with Crippen LogP contribution in [-0.2, 0) is 6.42 Å². The molecule has 0 unspecified atom stereocenters. The van der Waals surface area contributed by atoms with Gasteiger partial charge in [-0.3, -0.25) is 9.78 Å². The number of aromatic nitrogens is 2. The van der Waals surface area contributed by atoms with Crippen molar-refractivity contribution in [1.29, 1.82) is 0 Å². The minimum absolute atomic E-state index is 0.111. The summed E-state index contributed by atoms with van der Waals surface area (Å²) in [6.45, 7) is 1.65. The van der Waals surface area contributed by atoms with Crippen molar-refractivity contribution in [2.24, 2.45) is 0 Å². The third-order valence-electron chi connectivity index (χ3n) is 4.51. The highest BCUT2D eigenvalue weighted by atomic mass is 16.3. The highest BCUT2D eigenvalue weighted by Crippen LogP contribution is 2.23. The topological polar surface area (TPSA) is 78.4 Å². The number of aliphatic hydroxyl groups is 1. The Morgan fingerprint density at radius 3 is 2.92 bits per heavy atom. The number of hydrogen-bond donors (Lipinski definition) is 2. The first-order valence-corrected chi connectivity index (χ1v) is 8.79. The zero-order valence-electron chi connectivity index (χ0n) is 14.3. The minimum Gasteiger partial charge on any atom is -0.394 e. The van der Waals surface area contributed by atoms with E-state index in [1.165, 1.54) is 0 Å². The van der Waals surface area contributed by atoms with Crippen molar-refractivity contribution in [1.82, 2.24) is 15.3 Å². The molecule has 1 amide bonds. The molecule has 3 heterocycles. The molecule has 2 N–H and O–H groups in total. The van der Waals surface area contributed by atoms with E-state index in [1.54, 1.807) is 18.5 Å². The van der Waals surface area contributed by atoms with E-state index in [0.717, 1.165) is 43.7 Å². The Kier molecular flexibility index (Phi) is 5.95. The predicted molar refractivity (Wildman–Crippen MR) is 96.6 cm³/mol. The Bertz CT molecular complexity index is 676. The summed E-state index contributed by atoms with van der Waals surface area (Å²) >= 11 is 0. The molecule has 2 aromatic heterocycles. The van der Waals surface area contributed by atoms with Gasteiger partial charge in [0.05, 0.1) is 18.2 Å². The van der Waals surface area contributed by atoms with Gasteiger partial charge in [0.25, 0.3) is 5.91 Å². The van der Waals surface area contributed by atoms with Crippen LogP contribution in [0.15, 0.2) is 42.7 Å².